The zero-order valence-corrected chi connectivity index (χ0v) is 14.1. The average Bonchev–Trinajstić information content (AvgIpc) is 2.49. The van der Waals surface area contributed by atoms with Gasteiger partial charge in [-0.25, -0.2) is 12.8 Å². The van der Waals surface area contributed by atoms with Crippen molar-refractivity contribution < 1.29 is 12.8 Å². The Bertz CT molecular complexity index is 614. The molecule has 118 valence electrons. The van der Waals surface area contributed by atoms with Crippen molar-refractivity contribution in [3.63, 3.8) is 0 Å². The van der Waals surface area contributed by atoms with Crippen molar-refractivity contribution in [2.24, 2.45) is 5.92 Å². The van der Waals surface area contributed by atoms with Gasteiger partial charge in [-0.05, 0) is 36.5 Å². The zero-order chi connectivity index (χ0) is 15.6. The molecule has 0 bridgehead atoms. The lowest BCUT2D eigenvalue weighted by Gasteiger charge is -2.30. The summed E-state index contributed by atoms with van der Waals surface area (Å²) in [7, 11) is -3.69. The molecular formula is C14H18Cl2FNO2S. The zero-order valence-electron chi connectivity index (χ0n) is 11.8. The molecule has 0 amide bonds. The summed E-state index contributed by atoms with van der Waals surface area (Å²) in [6, 6.07) is 2.33. The molecule has 3 nitrogen and oxygen atoms in total. The summed E-state index contributed by atoms with van der Waals surface area (Å²) in [5, 5.41) is -0.117. The molecule has 0 N–H and O–H groups in total. The van der Waals surface area contributed by atoms with E-state index in [1.54, 1.807) is 0 Å². The molecule has 1 aromatic carbocycles. The van der Waals surface area contributed by atoms with Crippen molar-refractivity contribution in [2.45, 2.75) is 37.0 Å². The summed E-state index contributed by atoms with van der Waals surface area (Å²) in [5.41, 5.74) is 0.292. The lowest BCUT2D eigenvalue weighted by molar-refractivity contribution is 0.269. The summed E-state index contributed by atoms with van der Waals surface area (Å²) in [6.45, 7) is 3.05. The van der Waals surface area contributed by atoms with E-state index in [4.69, 9.17) is 23.2 Å². The molecule has 2 rings (SSSR count). The SMILES string of the molecule is CCC1CCN(S(=O)(=O)c2cc(F)c(Cl)c(CCl)c2)CC1. The molecule has 0 unspecified atom stereocenters. The number of piperidine rings is 1. The highest BCUT2D eigenvalue weighted by Gasteiger charge is 2.30. The Hall–Kier alpha value is -0.360. The maximum absolute atomic E-state index is 13.8. The van der Waals surface area contributed by atoms with Gasteiger partial charge in [0.05, 0.1) is 9.92 Å². The Morgan fingerprint density at radius 3 is 2.48 bits per heavy atom. The Balaban J connectivity index is 2.30. The summed E-state index contributed by atoms with van der Waals surface area (Å²) >= 11 is 11.5. The Kier molecular flexibility index (Phi) is 5.52. The highest BCUT2D eigenvalue weighted by Crippen LogP contribution is 2.29. The fourth-order valence-electron chi connectivity index (χ4n) is 2.57. The molecule has 0 spiro atoms. The number of halogens is 3. The van der Waals surface area contributed by atoms with Gasteiger partial charge in [0.15, 0.2) is 0 Å². The molecule has 0 radical (unpaired) electrons. The number of alkyl halides is 1. The number of rotatable bonds is 4. The molecule has 0 aromatic heterocycles. The van der Waals surface area contributed by atoms with E-state index in [2.05, 4.69) is 6.92 Å². The summed E-state index contributed by atoms with van der Waals surface area (Å²) in [6.07, 6.45) is 2.74. The quantitative estimate of drug-likeness (QED) is 0.766. The molecule has 1 heterocycles. The Labute approximate surface area is 135 Å². The van der Waals surface area contributed by atoms with E-state index in [0.29, 0.717) is 24.6 Å². The first-order valence-electron chi connectivity index (χ1n) is 6.94. The van der Waals surface area contributed by atoms with Gasteiger partial charge in [-0.3, -0.25) is 0 Å². The van der Waals surface area contributed by atoms with E-state index < -0.39 is 15.8 Å². The minimum atomic E-state index is -3.69. The van der Waals surface area contributed by atoms with Gasteiger partial charge < -0.3 is 0 Å². The van der Waals surface area contributed by atoms with Crippen LogP contribution >= 0.6 is 23.2 Å². The fraction of sp³-hybridized carbons (Fsp3) is 0.571. The number of hydrogen-bond acceptors (Lipinski definition) is 2. The van der Waals surface area contributed by atoms with Crippen molar-refractivity contribution in [1.82, 2.24) is 4.31 Å². The van der Waals surface area contributed by atoms with E-state index in [-0.39, 0.29) is 15.8 Å². The van der Waals surface area contributed by atoms with Crippen LogP contribution in [0.5, 0.6) is 0 Å². The normalized spacial score (nSPS) is 18.1. The van der Waals surface area contributed by atoms with Gasteiger partial charge in [-0.1, -0.05) is 24.9 Å². The highest BCUT2D eigenvalue weighted by molar-refractivity contribution is 7.89. The molecule has 1 aliphatic heterocycles. The van der Waals surface area contributed by atoms with E-state index in [1.807, 2.05) is 0 Å². The molecule has 0 saturated carbocycles. The van der Waals surface area contributed by atoms with E-state index in [1.165, 1.54) is 10.4 Å². The third kappa shape index (κ3) is 3.52. The smallest absolute Gasteiger partial charge is 0.207 e. The minimum Gasteiger partial charge on any atom is -0.207 e. The molecule has 0 atom stereocenters. The molecule has 1 aromatic rings. The molecular weight excluding hydrogens is 336 g/mol. The Morgan fingerprint density at radius 2 is 1.95 bits per heavy atom. The van der Waals surface area contributed by atoms with Crippen LogP contribution in [0.2, 0.25) is 5.02 Å². The first kappa shape index (κ1) is 17.0. The van der Waals surface area contributed by atoms with Crippen LogP contribution < -0.4 is 0 Å². The first-order valence-corrected chi connectivity index (χ1v) is 9.29. The lowest BCUT2D eigenvalue weighted by atomic mass is 9.96. The number of sulfonamides is 1. The second-order valence-electron chi connectivity index (χ2n) is 5.27. The monoisotopic (exact) mass is 353 g/mol. The highest BCUT2D eigenvalue weighted by atomic mass is 35.5. The van der Waals surface area contributed by atoms with Gasteiger partial charge in [0.1, 0.15) is 5.82 Å². The molecule has 1 saturated heterocycles. The second kappa shape index (κ2) is 6.82. The maximum atomic E-state index is 13.8. The summed E-state index contributed by atoms with van der Waals surface area (Å²) in [5.74, 6) is -0.217. The van der Waals surface area contributed by atoms with Gasteiger partial charge in [0.2, 0.25) is 10.0 Å². The fourth-order valence-corrected chi connectivity index (χ4v) is 4.56. The first-order chi connectivity index (χ1) is 9.90. The molecule has 1 fully saturated rings. The van der Waals surface area contributed by atoms with Gasteiger partial charge >= 0.3 is 0 Å². The van der Waals surface area contributed by atoms with Gasteiger partial charge in [-0.15, -0.1) is 11.6 Å². The van der Waals surface area contributed by atoms with Crippen molar-refractivity contribution >= 4 is 33.2 Å². The number of hydrogen-bond donors (Lipinski definition) is 0. The van der Waals surface area contributed by atoms with Crippen LogP contribution in [-0.2, 0) is 15.9 Å². The van der Waals surface area contributed by atoms with Crippen LogP contribution in [-0.4, -0.2) is 25.8 Å². The van der Waals surface area contributed by atoms with Crippen molar-refractivity contribution in [3.8, 4) is 0 Å². The molecule has 7 heteroatoms. The maximum Gasteiger partial charge on any atom is 0.243 e. The van der Waals surface area contributed by atoms with E-state index in [9.17, 15) is 12.8 Å². The molecule has 1 aliphatic rings. The standard InChI is InChI=1S/C14H18Cl2FNO2S/c1-2-10-3-5-18(6-4-10)21(19,20)12-7-11(9-15)14(16)13(17)8-12/h7-8,10H,2-6,9H2,1H3. The summed E-state index contributed by atoms with van der Waals surface area (Å²) < 4.78 is 40.4. The van der Waals surface area contributed by atoms with Crippen molar-refractivity contribution in [2.75, 3.05) is 13.1 Å². The third-order valence-corrected chi connectivity index (χ3v) is 6.60. The van der Waals surface area contributed by atoms with Gasteiger partial charge in [0, 0.05) is 19.0 Å². The van der Waals surface area contributed by atoms with Crippen LogP contribution in [0, 0.1) is 11.7 Å². The third-order valence-electron chi connectivity index (χ3n) is 4.01. The van der Waals surface area contributed by atoms with Crippen molar-refractivity contribution in [1.29, 1.82) is 0 Å². The summed E-state index contributed by atoms with van der Waals surface area (Å²) in [4.78, 5) is -0.0741. The van der Waals surface area contributed by atoms with Crippen LogP contribution in [0.3, 0.4) is 0 Å². The van der Waals surface area contributed by atoms with Crippen LogP contribution in [0.4, 0.5) is 4.39 Å². The predicted octanol–water partition coefficient (Wildman–Crippen LogP) is 4.03. The average molecular weight is 354 g/mol. The van der Waals surface area contributed by atoms with E-state index >= 15 is 0 Å². The predicted molar refractivity (Wildman–Crippen MR) is 82.7 cm³/mol. The topological polar surface area (TPSA) is 37.4 Å². The minimum absolute atomic E-state index is 0.0307. The van der Waals surface area contributed by atoms with Gasteiger partial charge in [-0.2, -0.15) is 4.31 Å². The van der Waals surface area contributed by atoms with E-state index in [0.717, 1.165) is 25.3 Å². The number of nitrogens with zero attached hydrogens (tertiary/aromatic N) is 1. The van der Waals surface area contributed by atoms with Crippen molar-refractivity contribution in [3.05, 3.63) is 28.5 Å². The van der Waals surface area contributed by atoms with Crippen LogP contribution in [0.1, 0.15) is 31.7 Å². The number of benzene rings is 1. The van der Waals surface area contributed by atoms with Crippen LogP contribution in [0.25, 0.3) is 0 Å². The lowest BCUT2D eigenvalue weighted by Crippen LogP contribution is -2.38. The van der Waals surface area contributed by atoms with Gasteiger partial charge in [0.25, 0.3) is 0 Å². The second-order valence-corrected chi connectivity index (χ2v) is 7.85. The van der Waals surface area contributed by atoms with Crippen LogP contribution in [0.15, 0.2) is 17.0 Å². The largest absolute Gasteiger partial charge is 0.243 e. The Morgan fingerprint density at radius 1 is 1.33 bits per heavy atom. The molecule has 21 heavy (non-hydrogen) atoms. The molecule has 0 aliphatic carbocycles.